The highest BCUT2D eigenvalue weighted by molar-refractivity contribution is 5.97. The van der Waals surface area contributed by atoms with Crippen molar-refractivity contribution < 1.29 is 32.4 Å². The van der Waals surface area contributed by atoms with E-state index in [-0.39, 0.29) is 0 Å². The molecule has 1 unspecified atom stereocenters. The van der Waals surface area contributed by atoms with E-state index in [0.29, 0.717) is 11.2 Å². The Morgan fingerprint density at radius 1 is 1.50 bits per heavy atom. The maximum atomic E-state index is 12.5. The molecule has 1 rings (SSSR count). The van der Waals surface area contributed by atoms with Gasteiger partial charge in [-0.25, -0.2) is 4.79 Å². The summed E-state index contributed by atoms with van der Waals surface area (Å²) >= 11 is 0. The third-order valence-corrected chi connectivity index (χ3v) is 2.33. The average molecular weight is 266 g/mol. The fraction of sp³-hybridized carbons (Fsp3) is 0.444. The van der Waals surface area contributed by atoms with Crippen LogP contribution < -0.4 is 0 Å². The number of likely N-dealkylation sites (N-methyl/N-ethyl adjacent to an activating group) is 1. The van der Waals surface area contributed by atoms with Gasteiger partial charge >= 0.3 is 12.1 Å². The van der Waals surface area contributed by atoms with Gasteiger partial charge in [0.05, 0.1) is 0 Å². The molecular weight excluding hydrogens is 257 g/mol. The molecule has 1 aromatic rings. The Morgan fingerprint density at radius 2 is 2.06 bits per heavy atom. The zero-order valence-electron chi connectivity index (χ0n) is 9.35. The molecule has 18 heavy (non-hydrogen) atoms. The van der Waals surface area contributed by atoms with Gasteiger partial charge in [0, 0.05) is 7.05 Å². The smallest absolute Gasteiger partial charge is 0.437 e. The van der Waals surface area contributed by atoms with Crippen LogP contribution in [0.3, 0.4) is 0 Å². The van der Waals surface area contributed by atoms with E-state index in [9.17, 15) is 22.8 Å². The third kappa shape index (κ3) is 2.60. The number of aliphatic carboxylic acids is 1. The maximum Gasteiger partial charge on any atom is 0.437 e. The lowest BCUT2D eigenvalue weighted by Gasteiger charge is -2.21. The van der Waals surface area contributed by atoms with Crippen LogP contribution in [0.15, 0.2) is 10.8 Å². The van der Waals surface area contributed by atoms with Crippen LogP contribution in [-0.4, -0.2) is 40.1 Å². The van der Waals surface area contributed by atoms with E-state index in [4.69, 9.17) is 5.11 Å². The molecule has 0 radical (unpaired) electrons. The SMILES string of the molecule is CC(C(=O)O)N(C)C(=O)c1conc1C(F)(F)F. The van der Waals surface area contributed by atoms with Crippen molar-refractivity contribution in [2.75, 3.05) is 7.05 Å². The van der Waals surface area contributed by atoms with Gasteiger partial charge in [0.2, 0.25) is 0 Å². The van der Waals surface area contributed by atoms with Crippen LogP contribution in [0.4, 0.5) is 13.2 Å². The molecular formula is C9H9F3N2O4. The number of carboxylic acid groups (broad SMARTS) is 1. The van der Waals surface area contributed by atoms with E-state index in [1.807, 2.05) is 0 Å². The van der Waals surface area contributed by atoms with Crippen molar-refractivity contribution in [3.8, 4) is 0 Å². The fourth-order valence-corrected chi connectivity index (χ4v) is 1.12. The average Bonchev–Trinajstić information content (AvgIpc) is 2.74. The number of alkyl halides is 3. The quantitative estimate of drug-likeness (QED) is 0.889. The van der Waals surface area contributed by atoms with Gasteiger partial charge in [0.15, 0.2) is 5.69 Å². The summed E-state index contributed by atoms with van der Waals surface area (Å²) in [5.41, 5.74) is -2.30. The predicted octanol–water partition coefficient (Wildman–Crippen LogP) is 1.24. The van der Waals surface area contributed by atoms with E-state index in [1.165, 1.54) is 6.92 Å². The maximum absolute atomic E-state index is 12.5. The van der Waals surface area contributed by atoms with Crippen molar-refractivity contribution in [2.24, 2.45) is 0 Å². The molecule has 0 saturated heterocycles. The lowest BCUT2D eigenvalue weighted by Crippen LogP contribution is -2.40. The normalized spacial score (nSPS) is 13.2. The summed E-state index contributed by atoms with van der Waals surface area (Å²) in [4.78, 5) is 23.0. The number of hydrogen-bond donors (Lipinski definition) is 1. The number of nitrogens with zero attached hydrogens (tertiary/aromatic N) is 2. The molecule has 0 fully saturated rings. The first kappa shape index (κ1) is 14.0. The van der Waals surface area contributed by atoms with Crippen molar-refractivity contribution in [3.05, 3.63) is 17.5 Å². The summed E-state index contributed by atoms with van der Waals surface area (Å²) in [5, 5.41) is 11.4. The lowest BCUT2D eigenvalue weighted by atomic mass is 10.2. The second-order valence-corrected chi connectivity index (χ2v) is 3.50. The molecule has 9 heteroatoms. The minimum atomic E-state index is -4.84. The van der Waals surface area contributed by atoms with Gasteiger partial charge in [-0.15, -0.1) is 0 Å². The number of amides is 1. The molecule has 0 aliphatic rings. The first-order chi connectivity index (χ1) is 8.16. The summed E-state index contributed by atoms with van der Waals surface area (Å²) < 4.78 is 41.5. The summed E-state index contributed by atoms with van der Waals surface area (Å²) in [6.07, 6.45) is -4.30. The number of aromatic nitrogens is 1. The summed E-state index contributed by atoms with van der Waals surface area (Å²) in [6, 6.07) is -1.27. The number of rotatable bonds is 3. The molecule has 0 aromatic carbocycles. The Balaban J connectivity index is 3.06. The number of carbonyl (C=O) groups excluding carboxylic acids is 1. The highest BCUT2D eigenvalue weighted by Gasteiger charge is 2.40. The fourth-order valence-electron chi connectivity index (χ4n) is 1.12. The largest absolute Gasteiger partial charge is 0.480 e. The van der Waals surface area contributed by atoms with E-state index >= 15 is 0 Å². The molecule has 1 atom stereocenters. The molecule has 100 valence electrons. The second kappa shape index (κ2) is 4.67. The summed E-state index contributed by atoms with van der Waals surface area (Å²) in [5.74, 6) is -2.46. The van der Waals surface area contributed by atoms with Crippen LogP contribution in [0.5, 0.6) is 0 Å². The van der Waals surface area contributed by atoms with Crippen LogP contribution in [0.2, 0.25) is 0 Å². The Labute approximate surface area is 99.0 Å². The van der Waals surface area contributed by atoms with Crippen molar-refractivity contribution in [2.45, 2.75) is 19.1 Å². The Morgan fingerprint density at radius 3 is 2.50 bits per heavy atom. The van der Waals surface area contributed by atoms with E-state index in [2.05, 4.69) is 9.68 Å². The van der Waals surface area contributed by atoms with Crippen molar-refractivity contribution in [3.63, 3.8) is 0 Å². The lowest BCUT2D eigenvalue weighted by molar-refractivity contribution is -0.143. The molecule has 1 heterocycles. The van der Waals surface area contributed by atoms with Crippen molar-refractivity contribution in [1.29, 1.82) is 0 Å². The standard InChI is InChI=1S/C9H9F3N2O4/c1-4(8(16)17)14(2)7(15)5-3-18-13-6(5)9(10,11)12/h3-4H,1-2H3,(H,16,17). The molecule has 0 aliphatic heterocycles. The summed E-state index contributed by atoms with van der Waals surface area (Å²) in [6.45, 7) is 1.17. The monoisotopic (exact) mass is 266 g/mol. The Hall–Kier alpha value is -2.06. The number of carbonyl (C=O) groups is 2. The van der Waals surface area contributed by atoms with Crippen molar-refractivity contribution in [1.82, 2.24) is 10.1 Å². The minimum absolute atomic E-state index is 0.538. The Bertz CT molecular complexity index is 469. The van der Waals surface area contributed by atoms with Gasteiger partial charge in [-0.1, -0.05) is 5.16 Å². The zero-order valence-corrected chi connectivity index (χ0v) is 9.35. The van der Waals surface area contributed by atoms with Gasteiger partial charge in [0.25, 0.3) is 5.91 Å². The van der Waals surface area contributed by atoms with Crippen LogP contribution in [-0.2, 0) is 11.0 Å². The third-order valence-electron chi connectivity index (χ3n) is 2.33. The predicted molar refractivity (Wildman–Crippen MR) is 50.7 cm³/mol. The molecule has 0 spiro atoms. The zero-order chi connectivity index (χ0) is 14.1. The van der Waals surface area contributed by atoms with Crippen LogP contribution in [0.1, 0.15) is 23.0 Å². The molecule has 1 amide bonds. The molecule has 0 saturated carbocycles. The molecule has 6 nitrogen and oxygen atoms in total. The van der Waals surface area contributed by atoms with Gasteiger partial charge in [0.1, 0.15) is 17.9 Å². The van der Waals surface area contributed by atoms with Gasteiger partial charge in [-0.2, -0.15) is 13.2 Å². The van der Waals surface area contributed by atoms with Gasteiger partial charge in [-0.3, -0.25) is 4.79 Å². The highest BCUT2D eigenvalue weighted by atomic mass is 19.4. The van der Waals surface area contributed by atoms with Crippen LogP contribution in [0, 0.1) is 0 Å². The minimum Gasteiger partial charge on any atom is -0.480 e. The van der Waals surface area contributed by atoms with Gasteiger partial charge < -0.3 is 14.5 Å². The number of halogens is 3. The highest BCUT2D eigenvalue weighted by Crippen LogP contribution is 2.31. The molecule has 0 bridgehead atoms. The van der Waals surface area contributed by atoms with Crippen molar-refractivity contribution >= 4 is 11.9 Å². The molecule has 0 aliphatic carbocycles. The number of carboxylic acids is 1. The second-order valence-electron chi connectivity index (χ2n) is 3.50. The van der Waals surface area contributed by atoms with E-state index in [1.54, 1.807) is 0 Å². The Kier molecular flexibility index (Phi) is 3.63. The molecule has 1 aromatic heterocycles. The number of hydrogen-bond acceptors (Lipinski definition) is 4. The van der Waals surface area contributed by atoms with E-state index in [0.717, 1.165) is 7.05 Å². The molecule has 1 N–H and O–H groups in total. The first-order valence-electron chi connectivity index (χ1n) is 4.67. The summed E-state index contributed by atoms with van der Waals surface area (Å²) in [7, 11) is 1.08. The van der Waals surface area contributed by atoms with E-state index < -0.39 is 35.4 Å². The van der Waals surface area contributed by atoms with Crippen LogP contribution in [0.25, 0.3) is 0 Å². The van der Waals surface area contributed by atoms with Gasteiger partial charge in [-0.05, 0) is 6.92 Å². The van der Waals surface area contributed by atoms with Crippen LogP contribution >= 0.6 is 0 Å². The first-order valence-corrected chi connectivity index (χ1v) is 4.67. The topological polar surface area (TPSA) is 83.6 Å².